The van der Waals surface area contributed by atoms with Crippen LogP contribution in [0.25, 0.3) is 11.3 Å². The predicted octanol–water partition coefficient (Wildman–Crippen LogP) is 5.57. The molecule has 0 radical (unpaired) electrons. The van der Waals surface area contributed by atoms with E-state index in [4.69, 9.17) is 9.72 Å². The fourth-order valence-corrected chi connectivity index (χ4v) is 4.67. The van der Waals surface area contributed by atoms with Crippen LogP contribution in [-0.2, 0) is 0 Å². The number of para-hydroxylation sites is 1. The summed E-state index contributed by atoms with van der Waals surface area (Å²) >= 11 is 1.61. The van der Waals surface area contributed by atoms with Crippen LogP contribution in [0.4, 0.5) is 9.93 Å². The molecule has 1 fully saturated rings. The second-order valence-electron chi connectivity index (χ2n) is 8.66. The van der Waals surface area contributed by atoms with Gasteiger partial charge >= 0.3 is 6.09 Å². The van der Waals surface area contributed by atoms with Gasteiger partial charge in [0.15, 0.2) is 5.13 Å². The molecule has 1 amide bonds. The molecular formula is C22H31N3O3S. The zero-order valence-corrected chi connectivity index (χ0v) is 18.5. The van der Waals surface area contributed by atoms with Gasteiger partial charge in [0, 0.05) is 29.1 Å². The van der Waals surface area contributed by atoms with Crippen molar-refractivity contribution in [2.45, 2.75) is 58.0 Å². The van der Waals surface area contributed by atoms with E-state index < -0.39 is 6.09 Å². The first-order chi connectivity index (χ1) is 13.8. The van der Waals surface area contributed by atoms with Crippen molar-refractivity contribution < 1.29 is 14.6 Å². The molecule has 1 aromatic heterocycles. The summed E-state index contributed by atoms with van der Waals surface area (Å²) < 4.78 is 5.44. The number of ether oxygens (including phenoxy) is 1. The summed E-state index contributed by atoms with van der Waals surface area (Å²) in [6, 6.07) is 8.30. The number of hydrogen-bond donors (Lipinski definition) is 2. The zero-order chi connectivity index (χ0) is 21.0. The van der Waals surface area contributed by atoms with Gasteiger partial charge in [-0.1, -0.05) is 12.1 Å². The summed E-state index contributed by atoms with van der Waals surface area (Å²) in [6.07, 6.45) is 3.30. The van der Waals surface area contributed by atoms with Crippen LogP contribution in [0.1, 0.15) is 46.5 Å². The Kier molecular flexibility index (Phi) is 6.67. The highest BCUT2D eigenvalue weighted by atomic mass is 32.1. The molecule has 0 saturated heterocycles. The topological polar surface area (TPSA) is 74.7 Å². The Bertz CT molecular complexity index is 823. The third kappa shape index (κ3) is 5.41. The van der Waals surface area contributed by atoms with Crippen molar-refractivity contribution in [3.05, 3.63) is 29.6 Å². The van der Waals surface area contributed by atoms with E-state index in [1.165, 1.54) is 0 Å². The van der Waals surface area contributed by atoms with Gasteiger partial charge in [-0.25, -0.2) is 9.78 Å². The van der Waals surface area contributed by atoms with Gasteiger partial charge in [-0.3, -0.25) is 0 Å². The van der Waals surface area contributed by atoms with E-state index in [9.17, 15) is 9.90 Å². The number of hydrogen-bond acceptors (Lipinski definition) is 5. The van der Waals surface area contributed by atoms with Crippen LogP contribution in [0.5, 0.6) is 5.75 Å². The molecule has 6 nitrogen and oxygen atoms in total. The number of thiazole rings is 1. The average molecular weight is 418 g/mol. The summed E-state index contributed by atoms with van der Waals surface area (Å²) in [5.41, 5.74) is 1.56. The fourth-order valence-electron chi connectivity index (χ4n) is 3.88. The lowest BCUT2D eigenvalue weighted by atomic mass is 9.85. The molecule has 0 spiro atoms. The van der Waals surface area contributed by atoms with E-state index in [0.717, 1.165) is 47.8 Å². The molecular weight excluding hydrogens is 386 g/mol. The molecule has 0 unspecified atom stereocenters. The molecule has 3 rings (SSSR count). The van der Waals surface area contributed by atoms with Crippen LogP contribution < -0.4 is 10.1 Å². The molecule has 1 heterocycles. The van der Waals surface area contributed by atoms with Crippen LogP contribution in [0.3, 0.4) is 0 Å². The number of methoxy groups -OCH3 is 1. The van der Waals surface area contributed by atoms with Crippen molar-refractivity contribution >= 4 is 22.6 Å². The summed E-state index contributed by atoms with van der Waals surface area (Å²) in [5.74, 6) is 1.25. The van der Waals surface area contributed by atoms with Gasteiger partial charge in [0.2, 0.25) is 0 Å². The lowest BCUT2D eigenvalue weighted by Crippen LogP contribution is -2.48. The molecule has 29 heavy (non-hydrogen) atoms. The number of rotatable bonds is 6. The summed E-state index contributed by atoms with van der Waals surface area (Å²) in [6.45, 7) is 6.48. The Morgan fingerprint density at radius 3 is 2.59 bits per heavy atom. The number of aromatic nitrogens is 1. The largest absolute Gasteiger partial charge is 0.496 e. The van der Waals surface area contributed by atoms with Crippen LogP contribution in [0.2, 0.25) is 0 Å². The number of carboxylic acid groups (broad SMARTS) is 1. The minimum absolute atomic E-state index is 0.364. The van der Waals surface area contributed by atoms with Gasteiger partial charge in [-0.2, -0.15) is 0 Å². The monoisotopic (exact) mass is 417 g/mol. The zero-order valence-electron chi connectivity index (χ0n) is 17.6. The molecule has 158 valence electrons. The number of nitrogens with one attached hydrogen (secondary N) is 1. The first-order valence-electron chi connectivity index (χ1n) is 10.1. The van der Waals surface area contributed by atoms with Crippen molar-refractivity contribution in [1.29, 1.82) is 0 Å². The van der Waals surface area contributed by atoms with Gasteiger partial charge < -0.3 is 20.1 Å². The van der Waals surface area contributed by atoms with E-state index >= 15 is 0 Å². The van der Waals surface area contributed by atoms with Crippen molar-refractivity contribution in [3.63, 3.8) is 0 Å². The molecule has 2 N–H and O–H groups in total. The van der Waals surface area contributed by atoms with Gasteiger partial charge in [0.1, 0.15) is 5.75 Å². The summed E-state index contributed by atoms with van der Waals surface area (Å²) in [5, 5.41) is 16.1. The van der Waals surface area contributed by atoms with Crippen molar-refractivity contribution in [2.75, 3.05) is 19.0 Å². The summed E-state index contributed by atoms with van der Waals surface area (Å²) in [4.78, 5) is 17.9. The lowest BCUT2D eigenvalue weighted by Gasteiger charge is -2.38. The normalized spacial score (nSPS) is 19.6. The van der Waals surface area contributed by atoms with Crippen LogP contribution in [0.15, 0.2) is 29.6 Å². The van der Waals surface area contributed by atoms with Gasteiger partial charge in [0.05, 0.1) is 12.8 Å². The Morgan fingerprint density at radius 1 is 1.28 bits per heavy atom. The minimum atomic E-state index is -0.829. The number of amides is 1. The smallest absolute Gasteiger partial charge is 0.407 e. The second kappa shape index (κ2) is 9.03. The third-order valence-corrected chi connectivity index (χ3v) is 6.32. The SMILES string of the molecule is COc1ccccc1-c1csc(NC2CCC(CN(C(=O)O)C(C)(C)C)CC2)n1. The van der Waals surface area contributed by atoms with E-state index in [2.05, 4.69) is 10.7 Å². The highest BCUT2D eigenvalue weighted by molar-refractivity contribution is 7.14. The maximum atomic E-state index is 11.6. The molecule has 0 bridgehead atoms. The maximum absolute atomic E-state index is 11.6. The molecule has 7 heteroatoms. The summed E-state index contributed by atoms with van der Waals surface area (Å²) in [7, 11) is 1.67. The second-order valence-corrected chi connectivity index (χ2v) is 9.52. The number of nitrogens with zero attached hydrogens (tertiary/aromatic N) is 2. The molecule has 1 aromatic carbocycles. The molecule has 1 saturated carbocycles. The Balaban J connectivity index is 1.55. The van der Waals surface area contributed by atoms with Crippen molar-refractivity contribution in [2.24, 2.45) is 5.92 Å². The van der Waals surface area contributed by atoms with Gasteiger partial charge in [-0.05, 0) is 64.5 Å². The van der Waals surface area contributed by atoms with E-state index in [1.54, 1.807) is 23.3 Å². The van der Waals surface area contributed by atoms with Gasteiger partial charge in [0.25, 0.3) is 0 Å². The quantitative estimate of drug-likeness (QED) is 0.643. The minimum Gasteiger partial charge on any atom is -0.496 e. The first kappa shape index (κ1) is 21.4. The average Bonchev–Trinajstić information content (AvgIpc) is 3.14. The number of carbonyl (C=O) groups is 1. The predicted molar refractivity (Wildman–Crippen MR) is 118 cm³/mol. The first-order valence-corrected chi connectivity index (χ1v) is 11.0. The highest BCUT2D eigenvalue weighted by Gasteiger charge is 2.31. The highest BCUT2D eigenvalue weighted by Crippen LogP contribution is 2.34. The van der Waals surface area contributed by atoms with Crippen LogP contribution >= 0.6 is 11.3 Å². The molecule has 0 atom stereocenters. The molecule has 0 aliphatic heterocycles. The number of benzene rings is 1. The van der Waals surface area contributed by atoms with E-state index in [1.807, 2.05) is 45.0 Å². The number of anilines is 1. The lowest BCUT2D eigenvalue weighted by molar-refractivity contribution is 0.0826. The van der Waals surface area contributed by atoms with Crippen molar-refractivity contribution in [3.8, 4) is 17.0 Å². The van der Waals surface area contributed by atoms with Crippen LogP contribution in [-0.4, -0.2) is 46.3 Å². The Morgan fingerprint density at radius 2 is 1.97 bits per heavy atom. The standard InChI is InChI=1S/C22H31N3O3S/c1-22(2,3)25(21(26)27)13-15-9-11-16(12-10-15)23-20-24-18(14-29-20)17-7-5-6-8-19(17)28-4/h5-8,14-16H,9-13H2,1-4H3,(H,23,24)(H,26,27). The molecule has 1 aliphatic carbocycles. The van der Waals surface area contributed by atoms with Crippen LogP contribution in [0, 0.1) is 5.92 Å². The van der Waals surface area contributed by atoms with E-state index in [-0.39, 0.29) is 5.54 Å². The Labute approximate surface area is 176 Å². The maximum Gasteiger partial charge on any atom is 0.407 e. The third-order valence-electron chi connectivity index (χ3n) is 5.54. The van der Waals surface area contributed by atoms with Crippen molar-refractivity contribution in [1.82, 2.24) is 9.88 Å². The Hall–Kier alpha value is -2.28. The van der Waals surface area contributed by atoms with E-state index in [0.29, 0.717) is 18.5 Å². The molecule has 1 aliphatic rings. The van der Waals surface area contributed by atoms with Gasteiger partial charge in [-0.15, -0.1) is 11.3 Å². The molecule has 2 aromatic rings. The fraction of sp³-hybridized carbons (Fsp3) is 0.545.